The first kappa shape index (κ1) is 9.20. The van der Waals surface area contributed by atoms with E-state index in [9.17, 15) is 4.39 Å². The molecule has 1 aromatic rings. The zero-order valence-electron chi connectivity index (χ0n) is 7.16. The van der Waals surface area contributed by atoms with Gasteiger partial charge in [-0.2, -0.15) is 0 Å². The highest BCUT2D eigenvalue weighted by molar-refractivity contribution is 5.13. The summed E-state index contributed by atoms with van der Waals surface area (Å²) in [7, 11) is 0. The molecule has 0 saturated heterocycles. The molecule has 1 aromatic carbocycles. The van der Waals surface area contributed by atoms with E-state index in [2.05, 4.69) is 0 Å². The van der Waals surface area contributed by atoms with Gasteiger partial charge in [-0.05, 0) is 12.5 Å². The zero-order chi connectivity index (χ0) is 8.81. The molecule has 0 N–H and O–H groups in total. The molecule has 0 heterocycles. The second-order valence-electron chi connectivity index (χ2n) is 2.76. The van der Waals surface area contributed by atoms with Crippen LogP contribution < -0.4 is 0 Å². The van der Waals surface area contributed by atoms with Crippen LogP contribution in [0.25, 0.3) is 0 Å². The van der Waals surface area contributed by atoms with Gasteiger partial charge < -0.3 is 4.74 Å². The standard InChI is InChI=1S/C10H13FO/c1-9(7-11)12-8-10-5-3-2-4-6-10/h2-6,9H,7-8H2,1H3. The van der Waals surface area contributed by atoms with Crippen molar-refractivity contribution < 1.29 is 9.13 Å². The van der Waals surface area contributed by atoms with Gasteiger partial charge in [0.2, 0.25) is 0 Å². The molecule has 0 spiro atoms. The monoisotopic (exact) mass is 168 g/mol. The second-order valence-corrected chi connectivity index (χ2v) is 2.76. The Morgan fingerprint density at radius 3 is 2.58 bits per heavy atom. The van der Waals surface area contributed by atoms with E-state index in [-0.39, 0.29) is 6.10 Å². The smallest absolute Gasteiger partial charge is 0.115 e. The van der Waals surface area contributed by atoms with Gasteiger partial charge in [0.1, 0.15) is 6.67 Å². The number of hydrogen-bond acceptors (Lipinski definition) is 1. The van der Waals surface area contributed by atoms with E-state index in [1.807, 2.05) is 30.3 Å². The highest BCUT2D eigenvalue weighted by Crippen LogP contribution is 2.03. The van der Waals surface area contributed by atoms with Crippen LogP contribution >= 0.6 is 0 Å². The quantitative estimate of drug-likeness (QED) is 0.671. The van der Waals surface area contributed by atoms with E-state index in [1.54, 1.807) is 6.92 Å². The average molecular weight is 168 g/mol. The Bertz CT molecular complexity index is 210. The van der Waals surface area contributed by atoms with E-state index in [0.29, 0.717) is 6.61 Å². The van der Waals surface area contributed by atoms with Crippen LogP contribution in [0.2, 0.25) is 0 Å². The van der Waals surface area contributed by atoms with Gasteiger partial charge in [-0.25, -0.2) is 4.39 Å². The molecule has 1 atom stereocenters. The third-order valence-corrected chi connectivity index (χ3v) is 1.59. The van der Waals surface area contributed by atoms with Crippen LogP contribution in [-0.2, 0) is 11.3 Å². The fourth-order valence-corrected chi connectivity index (χ4v) is 0.857. The van der Waals surface area contributed by atoms with Crippen molar-refractivity contribution in [1.29, 1.82) is 0 Å². The van der Waals surface area contributed by atoms with Crippen molar-refractivity contribution in [1.82, 2.24) is 0 Å². The minimum atomic E-state index is -0.424. The van der Waals surface area contributed by atoms with Crippen molar-refractivity contribution in [3.05, 3.63) is 35.9 Å². The number of halogens is 1. The van der Waals surface area contributed by atoms with Crippen LogP contribution in [0.3, 0.4) is 0 Å². The lowest BCUT2D eigenvalue weighted by atomic mass is 10.2. The lowest BCUT2D eigenvalue weighted by Crippen LogP contribution is -2.09. The number of hydrogen-bond donors (Lipinski definition) is 0. The Hall–Kier alpha value is -0.890. The van der Waals surface area contributed by atoms with Crippen LogP contribution in [0.4, 0.5) is 4.39 Å². The maximum atomic E-state index is 12.0. The first-order valence-electron chi connectivity index (χ1n) is 4.04. The summed E-state index contributed by atoms with van der Waals surface area (Å²) in [5.74, 6) is 0. The van der Waals surface area contributed by atoms with Gasteiger partial charge >= 0.3 is 0 Å². The van der Waals surface area contributed by atoms with E-state index in [1.165, 1.54) is 0 Å². The predicted octanol–water partition coefficient (Wildman–Crippen LogP) is 2.56. The molecule has 0 aromatic heterocycles. The third kappa shape index (κ3) is 3.01. The summed E-state index contributed by atoms with van der Waals surface area (Å²) in [5, 5.41) is 0. The average Bonchev–Trinajstić information content (AvgIpc) is 2.16. The molecule has 0 saturated carbocycles. The fourth-order valence-electron chi connectivity index (χ4n) is 0.857. The van der Waals surface area contributed by atoms with Gasteiger partial charge in [0.15, 0.2) is 0 Å². The summed E-state index contributed by atoms with van der Waals surface area (Å²) in [5.41, 5.74) is 1.08. The molecule has 12 heavy (non-hydrogen) atoms. The summed E-state index contributed by atoms with van der Waals surface area (Å²) in [6, 6.07) is 9.76. The number of alkyl halides is 1. The minimum Gasteiger partial charge on any atom is -0.371 e. The molecular formula is C10H13FO. The number of rotatable bonds is 4. The second kappa shape index (κ2) is 4.88. The Morgan fingerprint density at radius 2 is 2.00 bits per heavy atom. The summed E-state index contributed by atoms with van der Waals surface area (Å²) in [4.78, 5) is 0. The van der Waals surface area contributed by atoms with Crippen LogP contribution in [0.5, 0.6) is 0 Å². The van der Waals surface area contributed by atoms with Crippen LogP contribution in [-0.4, -0.2) is 12.8 Å². The lowest BCUT2D eigenvalue weighted by Gasteiger charge is -2.08. The SMILES string of the molecule is CC(CF)OCc1ccccc1. The molecule has 0 aliphatic carbocycles. The van der Waals surface area contributed by atoms with Crippen molar-refractivity contribution in [3.63, 3.8) is 0 Å². The topological polar surface area (TPSA) is 9.23 Å². The highest BCUT2D eigenvalue weighted by Gasteiger charge is 1.99. The number of benzene rings is 1. The molecule has 1 nitrogen and oxygen atoms in total. The van der Waals surface area contributed by atoms with Crippen molar-refractivity contribution in [3.8, 4) is 0 Å². The van der Waals surface area contributed by atoms with Gasteiger partial charge in [-0.3, -0.25) is 0 Å². The molecule has 0 aliphatic heterocycles. The maximum Gasteiger partial charge on any atom is 0.115 e. The van der Waals surface area contributed by atoms with E-state index >= 15 is 0 Å². The Balaban J connectivity index is 2.33. The minimum absolute atomic E-state index is 0.301. The molecule has 1 unspecified atom stereocenters. The molecule has 2 heteroatoms. The Kier molecular flexibility index (Phi) is 3.74. The Labute approximate surface area is 72.2 Å². The predicted molar refractivity (Wildman–Crippen MR) is 46.7 cm³/mol. The molecule has 0 amide bonds. The molecule has 0 bridgehead atoms. The molecule has 1 rings (SSSR count). The summed E-state index contributed by atoms with van der Waals surface area (Å²) in [6.07, 6.45) is -0.301. The maximum absolute atomic E-state index is 12.0. The van der Waals surface area contributed by atoms with E-state index < -0.39 is 6.67 Å². The molecule has 0 fully saturated rings. The van der Waals surface area contributed by atoms with E-state index in [0.717, 1.165) is 5.56 Å². The molecule has 0 aliphatic rings. The number of ether oxygens (including phenoxy) is 1. The Morgan fingerprint density at radius 1 is 1.33 bits per heavy atom. The van der Waals surface area contributed by atoms with Crippen LogP contribution in [0.1, 0.15) is 12.5 Å². The van der Waals surface area contributed by atoms with Crippen molar-refractivity contribution in [2.45, 2.75) is 19.6 Å². The van der Waals surface area contributed by atoms with Gasteiger partial charge in [-0.1, -0.05) is 30.3 Å². The highest BCUT2D eigenvalue weighted by atomic mass is 19.1. The van der Waals surface area contributed by atoms with Crippen molar-refractivity contribution in [2.24, 2.45) is 0 Å². The van der Waals surface area contributed by atoms with Crippen LogP contribution in [0.15, 0.2) is 30.3 Å². The molecule has 0 radical (unpaired) electrons. The van der Waals surface area contributed by atoms with Gasteiger partial charge in [0, 0.05) is 0 Å². The van der Waals surface area contributed by atoms with Gasteiger partial charge in [-0.15, -0.1) is 0 Å². The molecule has 66 valence electrons. The summed E-state index contributed by atoms with van der Waals surface area (Å²) in [6.45, 7) is 1.79. The lowest BCUT2D eigenvalue weighted by molar-refractivity contribution is 0.0366. The summed E-state index contributed by atoms with van der Waals surface area (Å²) >= 11 is 0. The largest absolute Gasteiger partial charge is 0.371 e. The van der Waals surface area contributed by atoms with E-state index in [4.69, 9.17) is 4.74 Å². The van der Waals surface area contributed by atoms with Gasteiger partial charge in [0.25, 0.3) is 0 Å². The molecular weight excluding hydrogens is 155 g/mol. The fraction of sp³-hybridized carbons (Fsp3) is 0.400. The van der Waals surface area contributed by atoms with Crippen molar-refractivity contribution >= 4 is 0 Å². The normalized spacial score (nSPS) is 12.8. The van der Waals surface area contributed by atoms with Crippen LogP contribution in [0, 0.1) is 0 Å². The van der Waals surface area contributed by atoms with Gasteiger partial charge in [0.05, 0.1) is 12.7 Å². The van der Waals surface area contributed by atoms with Crippen molar-refractivity contribution in [2.75, 3.05) is 6.67 Å². The zero-order valence-corrected chi connectivity index (χ0v) is 7.16. The first-order chi connectivity index (χ1) is 5.83. The third-order valence-electron chi connectivity index (χ3n) is 1.59. The first-order valence-corrected chi connectivity index (χ1v) is 4.04. The summed E-state index contributed by atoms with van der Waals surface area (Å²) < 4.78 is 17.2.